The van der Waals surface area contributed by atoms with E-state index in [0.29, 0.717) is 60.4 Å². The van der Waals surface area contributed by atoms with Gasteiger partial charge in [-0.05, 0) is 91.1 Å². The van der Waals surface area contributed by atoms with Crippen molar-refractivity contribution in [2.24, 2.45) is 0 Å². The Morgan fingerprint density at radius 3 is 1.76 bits per heavy atom. The van der Waals surface area contributed by atoms with Crippen molar-refractivity contribution >= 4 is 22.6 Å². The number of aryl methyl sites for hydroxylation is 4. The first kappa shape index (κ1) is 35.4. The maximum Gasteiger partial charge on any atom is 0.254 e. The zero-order valence-electron chi connectivity index (χ0n) is 30.2. The Morgan fingerprint density at radius 2 is 1.19 bits per heavy atom. The van der Waals surface area contributed by atoms with Gasteiger partial charge in [0.2, 0.25) is 11.8 Å². The molecule has 2 aliphatic heterocycles. The minimum Gasteiger partial charge on any atom is -0.391 e. The summed E-state index contributed by atoms with van der Waals surface area (Å²) in [6, 6.07) is 30.9. The van der Waals surface area contributed by atoms with Crippen molar-refractivity contribution in [3.05, 3.63) is 143 Å². The molecule has 11 nitrogen and oxygen atoms in total. The monoisotopic (exact) mass is 724 g/mol. The molecular formula is C43H44N6O5. The van der Waals surface area contributed by atoms with Crippen molar-refractivity contribution in [3.63, 3.8) is 0 Å². The Kier molecular flexibility index (Phi) is 10.6. The zero-order valence-corrected chi connectivity index (χ0v) is 30.2. The Balaban J connectivity index is 0.919. The number of hydrogen-bond acceptors (Lipinski definition) is 9. The summed E-state index contributed by atoms with van der Waals surface area (Å²) in [6.45, 7) is 0.783. The van der Waals surface area contributed by atoms with Gasteiger partial charge in [0.05, 0.1) is 6.10 Å². The zero-order chi connectivity index (χ0) is 36.9. The van der Waals surface area contributed by atoms with Crippen LogP contribution in [0, 0.1) is 0 Å². The Morgan fingerprint density at radius 1 is 0.648 bits per heavy atom. The highest BCUT2D eigenvalue weighted by atomic mass is 16.5. The molecule has 0 radical (unpaired) electrons. The molecule has 2 amide bonds. The van der Waals surface area contributed by atoms with Crippen LogP contribution in [0.25, 0.3) is 10.8 Å². The van der Waals surface area contributed by atoms with Crippen LogP contribution in [-0.4, -0.2) is 66.2 Å². The van der Waals surface area contributed by atoms with Crippen molar-refractivity contribution in [1.82, 2.24) is 30.1 Å². The molecule has 276 valence electrons. The fraction of sp³-hybridized carbons (Fsp3) is 0.349. The van der Waals surface area contributed by atoms with Gasteiger partial charge in [-0.3, -0.25) is 9.59 Å². The summed E-state index contributed by atoms with van der Waals surface area (Å²) in [6.07, 6.45) is 7.28. The molecule has 4 aromatic carbocycles. The molecule has 3 atom stereocenters. The number of rotatable bonds is 12. The molecule has 2 fully saturated rings. The number of β-amino-alcohol motifs (C(OH)–C–C–N with tert-alkyl or cyclic N) is 1. The Hall–Kier alpha value is -5.68. The second kappa shape index (κ2) is 16.1. The van der Waals surface area contributed by atoms with Crippen molar-refractivity contribution in [2.45, 2.75) is 82.4 Å². The smallest absolute Gasteiger partial charge is 0.254 e. The molecule has 4 heterocycles. The van der Waals surface area contributed by atoms with Gasteiger partial charge in [-0.1, -0.05) is 83.1 Å². The third kappa shape index (κ3) is 7.96. The Labute approximate surface area is 314 Å². The lowest BCUT2D eigenvalue weighted by Gasteiger charge is -2.33. The van der Waals surface area contributed by atoms with Gasteiger partial charge in [-0.25, -0.2) is 0 Å². The third-order valence-electron chi connectivity index (χ3n) is 10.6. The van der Waals surface area contributed by atoms with E-state index in [1.165, 1.54) is 11.1 Å². The topological polar surface area (TPSA) is 139 Å². The normalized spacial score (nSPS) is 18.7. The van der Waals surface area contributed by atoms with Gasteiger partial charge in [-0.15, -0.1) is 0 Å². The fourth-order valence-corrected chi connectivity index (χ4v) is 7.75. The highest BCUT2D eigenvalue weighted by Crippen LogP contribution is 2.34. The van der Waals surface area contributed by atoms with Crippen LogP contribution >= 0.6 is 0 Å². The summed E-state index contributed by atoms with van der Waals surface area (Å²) < 4.78 is 11.3. The van der Waals surface area contributed by atoms with E-state index in [4.69, 9.17) is 14.0 Å². The molecule has 2 saturated heterocycles. The van der Waals surface area contributed by atoms with Crippen LogP contribution in [0.5, 0.6) is 0 Å². The number of likely N-dealkylation sites (tertiary alicyclic amines) is 2. The molecule has 6 aromatic rings. The van der Waals surface area contributed by atoms with E-state index in [9.17, 15) is 14.7 Å². The van der Waals surface area contributed by atoms with Crippen molar-refractivity contribution in [2.75, 3.05) is 13.1 Å². The van der Waals surface area contributed by atoms with E-state index in [0.717, 1.165) is 55.7 Å². The first-order valence-corrected chi connectivity index (χ1v) is 19.0. The highest BCUT2D eigenvalue weighted by Gasteiger charge is 2.39. The van der Waals surface area contributed by atoms with Crippen LogP contribution < -0.4 is 0 Å². The van der Waals surface area contributed by atoms with Gasteiger partial charge in [0.1, 0.15) is 12.1 Å². The van der Waals surface area contributed by atoms with E-state index in [-0.39, 0.29) is 24.4 Å². The maximum absolute atomic E-state index is 14.0. The number of aliphatic hydroxyl groups excluding tert-OH is 1. The van der Waals surface area contributed by atoms with Crippen LogP contribution in [0.2, 0.25) is 0 Å². The minimum absolute atomic E-state index is 0.0848. The minimum atomic E-state index is -0.696. The van der Waals surface area contributed by atoms with Crippen molar-refractivity contribution in [3.8, 4) is 0 Å². The first-order valence-electron chi connectivity index (χ1n) is 19.0. The number of aliphatic hydroxyl groups is 1. The number of nitrogens with zero attached hydrogens (tertiary/aromatic N) is 6. The third-order valence-corrected chi connectivity index (χ3v) is 10.6. The van der Waals surface area contributed by atoms with Gasteiger partial charge >= 0.3 is 0 Å². The predicted molar refractivity (Wildman–Crippen MR) is 202 cm³/mol. The standard InChI is InChI=1S/C43H44N6O5/c50-35-27-37(41-45-39(47-54-41)19-10-16-30-13-5-2-6-14-30)49(28-35)43(52)34-23-21-31-25-33(22-20-32(31)26-34)42(51)48-24-8-7-17-36(48)40-44-38(46-53-40)18-9-15-29-11-3-1-4-12-29/h1-6,11-14,20-23,25-26,35-37,50H,7-10,15-19,24,27-28H2/t35-,36+,37+/m1/s1. The highest BCUT2D eigenvalue weighted by molar-refractivity contribution is 6.02. The van der Waals surface area contributed by atoms with E-state index in [1.54, 1.807) is 11.0 Å². The number of hydrogen-bond donors (Lipinski definition) is 1. The number of benzene rings is 4. The van der Waals surface area contributed by atoms with Gasteiger partial charge in [0, 0.05) is 43.5 Å². The second-order valence-corrected chi connectivity index (χ2v) is 14.4. The quantitative estimate of drug-likeness (QED) is 0.138. The number of carbonyl (C=O) groups excluding carboxylic acids is 2. The number of amides is 2. The molecule has 2 aromatic heterocycles. The summed E-state index contributed by atoms with van der Waals surface area (Å²) in [4.78, 5) is 40.7. The van der Waals surface area contributed by atoms with Crippen LogP contribution in [0.4, 0.5) is 0 Å². The van der Waals surface area contributed by atoms with Gasteiger partial charge in [-0.2, -0.15) is 9.97 Å². The van der Waals surface area contributed by atoms with E-state index in [2.05, 4.69) is 39.6 Å². The molecule has 8 rings (SSSR count). The molecule has 0 bridgehead atoms. The average Bonchev–Trinajstić information content (AvgIpc) is 3.98. The van der Waals surface area contributed by atoms with Crippen LogP contribution in [0.1, 0.15) is 106 Å². The molecule has 1 N–H and O–H groups in total. The SMILES string of the molecule is O=C(c1ccc2cc(C(=O)N3C[C@H](O)C[C@H]3c3nc(CCCc4ccccc4)no3)ccc2c1)N1CCCC[C@H]1c1nc(CCCc2ccccc2)no1. The number of aromatic nitrogens is 4. The number of piperidine rings is 1. The molecular weight excluding hydrogens is 681 g/mol. The van der Waals surface area contributed by atoms with Gasteiger partial charge in [0.25, 0.3) is 11.8 Å². The Bertz CT molecular complexity index is 2060. The van der Waals surface area contributed by atoms with E-state index < -0.39 is 12.1 Å². The lowest BCUT2D eigenvalue weighted by Crippen LogP contribution is -2.38. The number of fused-ring (bicyclic) bond motifs is 1. The summed E-state index contributed by atoms with van der Waals surface area (Å²) >= 11 is 0. The molecule has 0 unspecified atom stereocenters. The van der Waals surface area contributed by atoms with Crippen LogP contribution in [0.3, 0.4) is 0 Å². The molecule has 11 heteroatoms. The van der Waals surface area contributed by atoms with Gasteiger partial charge < -0.3 is 24.0 Å². The van der Waals surface area contributed by atoms with Crippen molar-refractivity contribution < 1.29 is 23.7 Å². The predicted octanol–water partition coefficient (Wildman–Crippen LogP) is 7.27. The molecule has 0 saturated carbocycles. The largest absolute Gasteiger partial charge is 0.391 e. The lowest BCUT2D eigenvalue weighted by molar-refractivity contribution is 0.0561. The summed E-state index contributed by atoms with van der Waals surface area (Å²) in [5.74, 6) is 1.79. The van der Waals surface area contributed by atoms with Crippen molar-refractivity contribution in [1.29, 1.82) is 0 Å². The maximum atomic E-state index is 14.0. The molecule has 2 aliphatic rings. The van der Waals surface area contributed by atoms with E-state index >= 15 is 0 Å². The molecule has 54 heavy (non-hydrogen) atoms. The summed E-state index contributed by atoms with van der Waals surface area (Å²) in [5.41, 5.74) is 3.58. The molecule has 0 spiro atoms. The summed E-state index contributed by atoms with van der Waals surface area (Å²) in [5, 5.41) is 20.7. The average molecular weight is 725 g/mol. The van der Waals surface area contributed by atoms with Crippen LogP contribution in [0.15, 0.2) is 106 Å². The molecule has 0 aliphatic carbocycles. The fourth-order valence-electron chi connectivity index (χ4n) is 7.75. The second-order valence-electron chi connectivity index (χ2n) is 14.4. The number of carbonyl (C=O) groups is 2. The first-order chi connectivity index (χ1) is 26.5. The lowest BCUT2D eigenvalue weighted by atomic mass is 9.99. The summed E-state index contributed by atoms with van der Waals surface area (Å²) in [7, 11) is 0. The van der Waals surface area contributed by atoms with Gasteiger partial charge in [0.15, 0.2) is 11.6 Å². The van der Waals surface area contributed by atoms with Crippen LogP contribution in [-0.2, 0) is 25.7 Å². The van der Waals surface area contributed by atoms with E-state index in [1.807, 2.05) is 71.6 Å².